The molecule has 21 heavy (non-hydrogen) atoms. The van der Waals surface area contributed by atoms with E-state index < -0.39 is 11.9 Å². The summed E-state index contributed by atoms with van der Waals surface area (Å²) < 4.78 is 0. The van der Waals surface area contributed by atoms with Crippen molar-refractivity contribution in [1.82, 2.24) is 4.90 Å². The monoisotopic (exact) mass is 289 g/mol. The first kappa shape index (κ1) is 15.4. The number of anilines is 1. The third kappa shape index (κ3) is 4.48. The average Bonchev–Trinajstić information content (AvgIpc) is 2.47. The van der Waals surface area contributed by atoms with Crippen LogP contribution in [0.3, 0.4) is 0 Å². The molecule has 114 valence electrons. The molecule has 1 aromatic rings. The minimum Gasteiger partial charge on any atom is -0.373 e. The smallest absolute Gasteiger partial charge is 0.240 e. The van der Waals surface area contributed by atoms with Gasteiger partial charge < -0.3 is 16.0 Å². The first-order valence-electron chi connectivity index (χ1n) is 7.46. The Labute approximate surface area is 125 Å². The lowest BCUT2D eigenvalue weighted by Crippen LogP contribution is -2.43. The molecule has 1 unspecified atom stereocenters. The molecule has 2 amide bonds. The van der Waals surface area contributed by atoms with Crippen LogP contribution in [0.2, 0.25) is 0 Å². The number of aryl methyl sites for hydroxylation is 1. The van der Waals surface area contributed by atoms with Crippen LogP contribution in [0, 0.1) is 6.92 Å². The normalized spacial score (nSPS) is 16.3. The van der Waals surface area contributed by atoms with E-state index in [1.165, 1.54) is 6.42 Å². The number of primary amides is 1. The van der Waals surface area contributed by atoms with Gasteiger partial charge in [-0.1, -0.05) is 12.1 Å². The van der Waals surface area contributed by atoms with E-state index in [-0.39, 0.29) is 12.3 Å². The summed E-state index contributed by atoms with van der Waals surface area (Å²) in [6.07, 6.45) is 3.37. The van der Waals surface area contributed by atoms with Crippen molar-refractivity contribution in [2.75, 3.05) is 18.4 Å². The molecule has 0 radical (unpaired) electrons. The van der Waals surface area contributed by atoms with Gasteiger partial charge >= 0.3 is 0 Å². The molecule has 1 atom stereocenters. The summed E-state index contributed by atoms with van der Waals surface area (Å²) in [5, 5.41) is 3.07. The van der Waals surface area contributed by atoms with Crippen molar-refractivity contribution in [1.29, 1.82) is 0 Å². The number of benzene rings is 1. The maximum absolute atomic E-state index is 12.2. The highest BCUT2D eigenvalue weighted by molar-refractivity contribution is 5.89. The highest BCUT2D eigenvalue weighted by atomic mass is 16.2. The molecule has 3 N–H and O–H groups in total. The van der Waals surface area contributed by atoms with E-state index in [1.54, 1.807) is 0 Å². The molecule has 0 spiro atoms. The number of hydrogen-bond donors (Lipinski definition) is 2. The van der Waals surface area contributed by atoms with Gasteiger partial charge in [0.05, 0.1) is 6.42 Å². The van der Waals surface area contributed by atoms with Crippen LogP contribution in [0.25, 0.3) is 0 Å². The number of carbonyl (C=O) groups excluding carboxylic acids is 2. The molecule has 1 saturated heterocycles. The Morgan fingerprint density at radius 2 is 2.00 bits per heavy atom. The van der Waals surface area contributed by atoms with Crippen molar-refractivity contribution in [3.63, 3.8) is 0 Å². The largest absolute Gasteiger partial charge is 0.373 e. The van der Waals surface area contributed by atoms with Crippen LogP contribution in [0.5, 0.6) is 0 Å². The van der Waals surface area contributed by atoms with E-state index in [2.05, 4.69) is 5.32 Å². The third-order valence-corrected chi connectivity index (χ3v) is 3.79. The number of likely N-dealkylation sites (tertiary alicyclic amines) is 1. The van der Waals surface area contributed by atoms with Gasteiger partial charge in [0.25, 0.3) is 0 Å². The van der Waals surface area contributed by atoms with Crippen LogP contribution in [-0.2, 0) is 9.59 Å². The molecule has 5 nitrogen and oxygen atoms in total. The van der Waals surface area contributed by atoms with E-state index in [9.17, 15) is 9.59 Å². The fourth-order valence-corrected chi connectivity index (χ4v) is 2.61. The highest BCUT2D eigenvalue weighted by Crippen LogP contribution is 2.15. The Morgan fingerprint density at radius 1 is 1.29 bits per heavy atom. The van der Waals surface area contributed by atoms with Crippen molar-refractivity contribution >= 4 is 17.5 Å². The Kier molecular flexibility index (Phi) is 5.20. The summed E-state index contributed by atoms with van der Waals surface area (Å²) in [4.78, 5) is 25.7. The van der Waals surface area contributed by atoms with Crippen molar-refractivity contribution in [2.24, 2.45) is 5.73 Å². The number of piperidine rings is 1. The van der Waals surface area contributed by atoms with Gasteiger partial charge in [0, 0.05) is 18.8 Å². The van der Waals surface area contributed by atoms with Crippen LogP contribution in [0.4, 0.5) is 5.69 Å². The Balaban J connectivity index is 1.98. The van der Waals surface area contributed by atoms with Gasteiger partial charge in [-0.15, -0.1) is 0 Å². The van der Waals surface area contributed by atoms with Crippen molar-refractivity contribution in [3.8, 4) is 0 Å². The Bertz CT molecular complexity index is 510. The molecule has 5 heteroatoms. The minimum atomic E-state index is -0.666. The lowest BCUT2D eigenvalue weighted by Gasteiger charge is -2.28. The van der Waals surface area contributed by atoms with Crippen LogP contribution >= 0.6 is 0 Å². The molecule has 0 bridgehead atoms. The van der Waals surface area contributed by atoms with E-state index in [0.717, 1.165) is 37.2 Å². The fourth-order valence-electron chi connectivity index (χ4n) is 2.61. The second-order valence-corrected chi connectivity index (χ2v) is 5.61. The van der Waals surface area contributed by atoms with Gasteiger partial charge in [0.2, 0.25) is 11.8 Å². The number of nitrogens with two attached hydrogens (primary N) is 1. The Hall–Kier alpha value is -2.04. The molecular weight excluding hydrogens is 266 g/mol. The topological polar surface area (TPSA) is 75.4 Å². The van der Waals surface area contributed by atoms with Gasteiger partial charge in [0.15, 0.2) is 0 Å². The molecule has 1 aromatic carbocycles. The van der Waals surface area contributed by atoms with Crippen molar-refractivity contribution in [3.05, 3.63) is 29.8 Å². The van der Waals surface area contributed by atoms with Gasteiger partial charge in [-0.25, -0.2) is 0 Å². The predicted octanol–water partition coefficient (Wildman–Crippen LogP) is 1.66. The SMILES string of the molecule is Cc1cccc(NC(CC(=O)N2CCCCC2)C(N)=O)c1. The number of rotatable bonds is 5. The number of nitrogens with zero attached hydrogens (tertiary/aromatic N) is 1. The molecule has 0 saturated carbocycles. The number of hydrogen-bond acceptors (Lipinski definition) is 3. The van der Waals surface area contributed by atoms with Crippen LogP contribution in [0.1, 0.15) is 31.2 Å². The average molecular weight is 289 g/mol. The molecule has 1 aliphatic rings. The zero-order valence-corrected chi connectivity index (χ0v) is 12.5. The highest BCUT2D eigenvalue weighted by Gasteiger charge is 2.24. The van der Waals surface area contributed by atoms with E-state index in [4.69, 9.17) is 5.73 Å². The number of nitrogens with one attached hydrogen (secondary N) is 1. The van der Waals surface area contributed by atoms with Gasteiger partial charge in [-0.2, -0.15) is 0 Å². The predicted molar refractivity (Wildman–Crippen MR) is 82.8 cm³/mol. The lowest BCUT2D eigenvalue weighted by atomic mass is 10.1. The first-order chi connectivity index (χ1) is 10.1. The summed E-state index contributed by atoms with van der Waals surface area (Å²) in [6, 6.07) is 7.02. The molecule has 1 heterocycles. The fraction of sp³-hybridized carbons (Fsp3) is 0.500. The number of amides is 2. The molecule has 0 aliphatic carbocycles. The van der Waals surface area contributed by atoms with Gasteiger partial charge in [0.1, 0.15) is 6.04 Å². The van der Waals surface area contributed by atoms with Crippen molar-refractivity contribution in [2.45, 2.75) is 38.6 Å². The standard InChI is InChI=1S/C16H23N3O2/c1-12-6-5-7-13(10-12)18-14(16(17)21)11-15(20)19-8-3-2-4-9-19/h5-7,10,14,18H,2-4,8-9,11H2,1H3,(H2,17,21). The summed E-state index contributed by atoms with van der Waals surface area (Å²) in [6.45, 7) is 3.55. The van der Waals surface area contributed by atoms with Gasteiger partial charge in [-0.3, -0.25) is 9.59 Å². The molecular formula is C16H23N3O2. The lowest BCUT2D eigenvalue weighted by molar-refractivity contribution is -0.134. The quantitative estimate of drug-likeness (QED) is 0.865. The second-order valence-electron chi connectivity index (χ2n) is 5.61. The molecule has 0 aromatic heterocycles. The maximum Gasteiger partial charge on any atom is 0.240 e. The van der Waals surface area contributed by atoms with E-state index in [1.807, 2.05) is 36.1 Å². The Morgan fingerprint density at radius 3 is 2.62 bits per heavy atom. The second kappa shape index (κ2) is 7.11. The summed E-state index contributed by atoms with van der Waals surface area (Å²) in [7, 11) is 0. The maximum atomic E-state index is 12.2. The summed E-state index contributed by atoms with van der Waals surface area (Å²) >= 11 is 0. The van der Waals surface area contributed by atoms with E-state index >= 15 is 0 Å². The summed E-state index contributed by atoms with van der Waals surface area (Å²) in [5.41, 5.74) is 7.33. The van der Waals surface area contributed by atoms with Crippen LogP contribution in [-0.4, -0.2) is 35.8 Å². The zero-order chi connectivity index (χ0) is 15.2. The summed E-state index contributed by atoms with van der Waals surface area (Å²) in [5.74, 6) is -0.500. The third-order valence-electron chi connectivity index (χ3n) is 3.79. The van der Waals surface area contributed by atoms with Crippen molar-refractivity contribution < 1.29 is 9.59 Å². The minimum absolute atomic E-state index is 0.00125. The zero-order valence-electron chi connectivity index (χ0n) is 12.5. The number of carbonyl (C=O) groups is 2. The van der Waals surface area contributed by atoms with Gasteiger partial charge in [-0.05, 0) is 43.9 Å². The first-order valence-corrected chi connectivity index (χ1v) is 7.46. The molecule has 1 fully saturated rings. The molecule has 1 aliphatic heterocycles. The van der Waals surface area contributed by atoms with E-state index in [0.29, 0.717) is 0 Å². The van der Waals surface area contributed by atoms with Crippen LogP contribution < -0.4 is 11.1 Å². The molecule has 2 rings (SSSR count). The van der Waals surface area contributed by atoms with Crippen LogP contribution in [0.15, 0.2) is 24.3 Å².